The highest BCUT2D eigenvalue weighted by Crippen LogP contribution is 2.20. The van der Waals surface area contributed by atoms with E-state index in [0.29, 0.717) is 0 Å². The number of imidazole rings is 1. The Morgan fingerprint density at radius 2 is 2.06 bits per heavy atom. The van der Waals surface area contributed by atoms with E-state index >= 15 is 0 Å². The van der Waals surface area contributed by atoms with Crippen molar-refractivity contribution < 1.29 is 0 Å². The van der Waals surface area contributed by atoms with Crippen molar-refractivity contribution in [3.8, 4) is 11.5 Å². The molecule has 3 rings (SSSR count). The van der Waals surface area contributed by atoms with E-state index in [4.69, 9.17) is 0 Å². The zero-order chi connectivity index (χ0) is 11.0. The molecule has 0 N–H and O–H groups in total. The Hall–Kier alpha value is -2.23. The summed E-state index contributed by atoms with van der Waals surface area (Å²) < 4.78 is 2.03. The first-order chi connectivity index (χ1) is 7.86. The van der Waals surface area contributed by atoms with E-state index in [1.807, 2.05) is 35.9 Å². The Morgan fingerprint density at radius 3 is 2.81 bits per heavy atom. The molecule has 0 unspecified atom stereocenters. The second-order valence-corrected chi connectivity index (χ2v) is 3.57. The molecule has 0 aliphatic carbocycles. The van der Waals surface area contributed by atoms with Gasteiger partial charge in [0.15, 0.2) is 5.82 Å². The zero-order valence-corrected chi connectivity index (χ0v) is 8.83. The van der Waals surface area contributed by atoms with Crippen molar-refractivity contribution in [2.45, 2.75) is 0 Å². The molecule has 3 aromatic heterocycles. The van der Waals surface area contributed by atoms with Gasteiger partial charge in [0, 0.05) is 19.4 Å². The fourth-order valence-electron chi connectivity index (χ4n) is 1.78. The molecule has 3 heterocycles. The number of hydrogen-bond donors (Lipinski definition) is 0. The number of aryl methyl sites for hydroxylation is 1. The number of hydrogen-bond acceptors (Lipinski definition) is 3. The van der Waals surface area contributed by atoms with E-state index < -0.39 is 0 Å². The van der Waals surface area contributed by atoms with Gasteiger partial charge in [-0.25, -0.2) is 4.98 Å². The first-order valence-corrected chi connectivity index (χ1v) is 5.04. The van der Waals surface area contributed by atoms with Crippen molar-refractivity contribution in [1.82, 2.24) is 19.5 Å². The maximum Gasteiger partial charge on any atom is 0.159 e. The van der Waals surface area contributed by atoms with Gasteiger partial charge in [0.2, 0.25) is 0 Å². The highest BCUT2D eigenvalue weighted by atomic mass is 15.1. The molecule has 4 nitrogen and oxygen atoms in total. The minimum Gasteiger partial charge on any atom is -0.326 e. The van der Waals surface area contributed by atoms with Crippen molar-refractivity contribution in [2.24, 2.45) is 7.05 Å². The van der Waals surface area contributed by atoms with Crippen LogP contribution in [0.25, 0.3) is 22.6 Å². The number of pyridine rings is 2. The molecule has 0 radical (unpaired) electrons. The van der Waals surface area contributed by atoms with Crippen LogP contribution in [-0.4, -0.2) is 19.5 Å². The fourth-order valence-corrected chi connectivity index (χ4v) is 1.78. The maximum absolute atomic E-state index is 4.52. The highest BCUT2D eigenvalue weighted by Gasteiger charge is 2.09. The Kier molecular flexibility index (Phi) is 1.93. The third-order valence-corrected chi connectivity index (χ3v) is 2.58. The van der Waals surface area contributed by atoms with Crippen molar-refractivity contribution >= 4 is 11.0 Å². The van der Waals surface area contributed by atoms with Gasteiger partial charge < -0.3 is 4.57 Å². The molecule has 78 valence electrons. The van der Waals surface area contributed by atoms with Gasteiger partial charge in [-0.2, -0.15) is 0 Å². The van der Waals surface area contributed by atoms with Crippen LogP contribution in [0.3, 0.4) is 0 Å². The van der Waals surface area contributed by atoms with Crippen molar-refractivity contribution in [1.29, 1.82) is 0 Å². The minimum atomic E-state index is 0.864. The van der Waals surface area contributed by atoms with Crippen molar-refractivity contribution in [3.05, 3.63) is 42.9 Å². The lowest BCUT2D eigenvalue weighted by Gasteiger charge is -2.00. The standard InChI is InChI=1S/C12H10N4/c1-16-11-5-7-13-8-10(11)15-12(16)9-4-2-3-6-14-9/h2-8H,1H3. The molecule has 0 saturated carbocycles. The van der Waals surface area contributed by atoms with E-state index in [1.165, 1.54) is 0 Å². The van der Waals surface area contributed by atoms with Gasteiger partial charge >= 0.3 is 0 Å². The summed E-state index contributed by atoms with van der Waals surface area (Å²) in [5.41, 5.74) is 2.84. The largest absolute Gasteiger partial charge is 0.326 e. The third kappa shape index (κ3) is 1.27. The van der Waals surface area contributed by atoms with Crippen molar-refractivity contribution in [2.75, 3.05) is 0 Å². The van der Waals surface area contributed by atoms with Gasteiger partial charge in [-0.05, 0) is 18.2 Å². The topological polar surface area (TPSA) is 43.6 Å². The summed E-state index contributed by atoms with van der Waals surface area (Å²) in [5.74, 6) is 0.864. The summed E-state index contributed by atoms with van der Waals surface area (Å²) in [4.78, 5) is 12.9. The summed E-state index contributed by atoms with van der Waals surface area (Å²) in [7, 11) is 1.99. The number of rotatable bonds is 1. The number of nitrogens with zero attached hydrogens (tertiary/aromatic N) is 4. The van der Waals surface area contributed by atoms with Crippen LogP contribution in [0.4, 0.5) is 0 Å². The lowest BCUT2D eigenvalue weighted by Crippen LogP contribution is -1.93. The molecule has 0 saturated heterocycles. The molecule has 3 aromatic rings. The molecular weight excluding hydrogens is 200 g/mol. The molecule has 0 atom stereocenters. The van der Waals surface area contributed by atoms with Crippen LogP contribution in [0.1, 0.15) is 0 Å². The predicted molar refractivity (Wildman–Crippen MR) is 61.7 cm³/mol. The van der Waals surface area contributed by atoms with E-state index in [2.05, 4.69) is 15.0 Å². The van der Waals surface area contributed by atoms with E-state index in [1.54, 1.807) is 18.6 Å². The van der Waals surface area contributed by atoms with Crippen LogP contribution in [0.5, 0.6) is 0 Å². The van der Waals surface area contributed by atoms with Crippen LogP contribution in [0, 0.1) is 0 Å². The molecule has 0 fully saturated rings. The Labute approximate surface area is 92.6 Å². The average Bonchev–Trinajstić information content (AvgIpc) is 2.69. The van der Waals surface area contributed by atoms with Crippen molar-refractivity contribution in [3.63, 3.8) is 0 Å². The molecule has 16 heavy (non-hydrogen) atoms. The molecule has 0 aliphatic rings. The molecule has 0 bridgehead atoms. The van der Waals surface area contributed by atoms with Gasteiger partial charge in [-0.1, -0.05) is 6.07 Å². The second kappa shape index (κ2) is 3.41. The van der Waals surface area contributed by atoms with Gasteiger partial charge in [-0.3, -0.25) is 9.97 Å². The van der Waals surface area contributed by atoms with Gasteiger partial charge in [-0.15, -0.1) is 0 Å². The summed E-state index contributed by atoms with van der Waals surface area (Å²) in [6, 6.07) is 7.76. The van der Waals surface area contributed by atoms with Crippen LogP contribution in [0.15, 0.2) is 42.9 Å². The van der Waals surface area contributed by atoms with Crippen LogP contribution >= 0.6 is 0 Å². The minimum absolute atomic E-state index is 0.864. The molecule has 4 heteroatoms. The molecule has 0 aliphatic heterocycles. The monoisotopic (exact) mass is 210 g/mol. The Balaban J connectivity index is 2.29. The van der Waals surface area contributed by atoms with E-state index in [9.17, 15) is 0 Å². The summed E-state index contributed by atoms with van der Waals surface area (Å²) in [5, 5.41) is 0. The lowest BCUT2D eigenvalue weighted by molar-refractivity contribution is 0.950. The smallest absolute Gasteiger partial charge is 0.159 e. The van der Waals surface area contributed by atoms with Crippen LogP contribution < -0.4 is 0 Å². The molecule has 0 spiro atoms. The van der Waals surface area contributed by atoms with Crippen LogP contribution in [-0.2, 0) is 7.05 Å². The van der Waals surface area contributed by atoms with Gasteiger partial charge in [0.25, 0.3) is 0 Å². The Morgan fingerprint density at radius 1 is 1.12 bits per heavy atom. The average molecular weight is 210 g/mol. The molecule has 0 amide bonds. The lowest BCUT2D eigenvalue weighted by atomic mass is 10.3. The maximum atomic E-state index is 4.52. The molecule has 0 aromatic carbocycles. The molecular formula is C12H10N4. The zero-order valence-electron chi connectivity index (χ0n) is 8.83. The first-order valence-electron chi connectivity index (χ1n) is 5.04. The fraction of sp³-hybridized carbons (Fsp3) is 0.0833. The summed E-state index contributed by atoms with van der Waals surface area (Å²) in [6.07, 6.45) is 5.31. The summed E-state index contributed by atoms with van der Waals surface area (Å²) in [6.45, 7) is 0. The summed E-state index contributed by atoms with van der Waals surface area (Å²) >= 11 is 0. The SMILES string of the molecule is Cn1c(-c2ccccn2)nc2cnccc21. The van der Waals surface area contributed by atoms with Gasteiger partial charge in [0.1, 0.15) is 11.2 Å². The Bertz CT molecular complexity index is 628. The van der Waals surface area contributed by atoms with E-state index in [0.717, 1.165) is 22.6 Å². The number of aromatic nitrogens is 4. The first kappa shape index (κ1) is 9.03. The number of fused-ring (bicyclic) bond motifs is 1. The van der Waals surface area contributed by atoms with Gasteiger partial charge in [0.05, 0.1) is 11.7 Å². The predicted octanol–water partition coefficient (Wildman–Crippen LogP) is 2.03. The normalized spacial score (nSPS) is 10.8. The quantitative estimate of drug-likeness (QED) is 0.617. The van der Waals surface area contributed by atoms with E-state index in [-0.39, 0.29) is 0 Å². The van der Waals surface area contributed by atoms with Crippen LogP contribution in [0.2, 0.25) is 0 Å². The second-order valence-electron chi connectivity index (χ2n) is 3.57. The third-order valence-electron chi connectivity index (χ3n) is 2.58. The highest BCUT2D eigenvalue weighted by molar-refractivity contribution is 5.78.